The van der Waals surface area contributed by atoms with Crippen LogP contribution < -0.4 is 10.6 Å². The standard InChI is InChI=1S/C33H41F2N3O5S/c1-5-10-37-32(40)25-12-22(3)13-26(18-25)33(41)38(11-6-2)30(17-24-14-27(34)19-28(35)15-24)31(39)21-36-20-23-8-7-9-29(16-23)44(4,42)43/h7-9,12-16,18-19,30-31,36,39H,5-6,10-11,17,20-21H2,1-4H3,(H,37,40)/t30-,31+/m0/s1. The van der Waals surface area contributed by atoms with Crippen molar-refractivity contribution in [3.63, 3.8) is 0 Å². The summed E-state index contributed by atoms with van der Waals surface area (Å²) in [6, 6.07) is 13.5. The highest BCUT2D eigenvalue weighted by Gasteiger charge is 2.31. The molecule has 0 spiro atoms. The number of amides is 2. The number of hydrogen-bond donors (Lipinski definition) is 3. The molecule has 0 aliphatic carbocycles. The van der Waals surface area contributed by atoms with Crippen molar-refractivity contribution in [2.45, 2.75) is 63.6 Å². The molecule has 0 heterocycles. The maximum Gasteiger partial charge on any atom is 0.254 e. The predicted octanol–water partition coefficient (Wildman–Crippen LogP) is 4.43. The first-order valence-corrected chi connectivity index (χ1v) is 16.5. The molecule has 0 aliphatic heterocycles. The highest BCUT2D eigenvalue weighted by atomic mass is 32.2. The van der Waals surface area contributed by atoms with Crippen LogP contribution in [0.2, 0.25) is 0 Å². The van der Waals surface area contributed by atoms with Gasteiger partial charge in [0, 0.05) is 49.6 Å². The lowest BCUT2D eigenvalue weighted by molar-refractivity contribution is 0.0353. The molecule has 0 fully saturated rings. The lowest BCUT2D eigenvalue weighted by Gasteiger charge is -2.35. The van der Waals surface area contributed by atoms with Crippen molar-refractivity contribution in [2.24, 2.45) is 0 Å². The molecular weight excluding hydrogens is 588 g/mol. The first-order chi connectivity index (χ1) is 20.8. The molecule has 3 rings (SSSR count). The minimum Gasteiger partial charge on any atom is -0.390 e. The van der Waals surface area contributed by atoms with Crippen LogP contribution >= 0.6 is 0 Å². The second kappa shape index (κ2) is 15.9. The summed E-state index contributed by atoms with van der Waals surface area (Å²) in [6.45, 7) is 6.55. The number of nitrogens with one attached hydrogen (secondary N) is 2. The van der Waals surface area contributed by atoms with Gasteiger partial charge in [-0.2, -0.15) is 0 Å². The summed E-state index contributed by atoms with van der Waals surface area (Å²) in [5, 5.41) is 17.4. The van der Waals surface area contributed by atoms with Gasteiger partial charge in [-0.15, -0.1) is 0 Å². The first-order valence-electron chi connectivity index (χ1n) is 14.7. The smallest absolute Gasteiger partial charge is 0.254 e. The first kappa shape index (κ1) is 34.8. The van der Waals surface area contributed by atoms with Crippen LogP contribution in [0.1, 0.15) is 64.1 Å². The number of nitrogens with zero attached hydrogens (tertiary/aromatic N) is 1. The zero-order valence-corrected chi connectivity index (χ0v) is 26.4. The lowest BCUT2D eigenvalue weighted by Crippen LogP contribution is -2.51. The normalized spacial score (nSPS) is 12.9. The maximum atomic E-state index is 14.1. The Morgan fingerprint density at radius 1 is 0.932 bits per heavy atom. The van der Waals surface area contributed by atoms with Gasteiger partial charge in [0.05, 0.1) is 17.0 Å². The number of aliphatic hydroxyl groups is 1. The molecule has 0 aliphatic rings. The maximum absolute atomic E-state index is 14.1. The van der Waals surface area contributed by atoms with E-state index < -0.39 is 39.5 Å². The van der Waals surface area contributed by atoms with Gasteiger partial charge < -0.3 is 20.6 Å². The molecular formula is C33H41F2N3O5S. The zero-order valence-electron chi connectivity index (χ0n) is 25.6. The molecule has 3 aromatic rings. The summed E-state index contributed by atoms with van der Waals surface area (Å²) < 4.78 is 52.2. The molecule has 8 nitrogen and oxygen atoms in total. The molecule has 0 saturated heterocycles. The summed E-state index contributed by atoms with van der Waals surface area (Å²) >= 11 is 0. The van der Waals surface area contributed by atoms with E-state index in [2.05, 4.69) is 10.6 Å². The summed E-state index contributed by atoms with van der Waals surface area (Å²) in [5.41, 5.74) is 2.24. The fourth-order valence-corrected chi connectivity index (χ4v) is 5.70. The lowest BCUT2D eigenvalue weighted by atomic mass is 9.97. The van der Waals surface area contributed by atoms with E-state index in [1.54, 1.807) is 37.3 Å². The van der Waals surface area contributed by atoms with Gasteiger partial charge in [0.1, 0.15) is 11.6 Å². The molecule has 0 unspecified atom stereocenters. The number of carbonyl (C=O) groups excluding carboxylic acids is 2. The van der Waals surface area contributed by atoms with Gasteiger partial charge in [-0.05, 0) is 85.3 Å². The number of halogens is 2. The summed E-state index contributed by atoms with van der Waals surface area (Å²) in [5.74, 6) is -2.27. The number of rotatable bonds is 15. The van der Waals surface area contributed by atoms with Crippen molar-refractivity contribution in [3.8, 4) is 0 Å². The molecule has 2 amide bonds. The van der Waals surface area contributed by atoms with E-state index in [0.717, 1.165) is 18.7 Å². The number of aliphatic hydroxyl groups excluding tert-OH is 1. The average molecular weight is 630 g/mol. The molecule has 44 heavy (non-hydrogen) atoms. The van der Waals surface area contributed by atoms with Gasteiger partial charge in [0.25, 0.3) is 11.8 Å². The fourth-order valence-electron chi connectivity index (χ4n) is 5.01. The fraction of sp³-hybridized carbons (Fsp3) is 0.394. The number of benzene rings is 3. The minimum absolute atomic E-state index is 0.00243. The molecule has 0 aromatic heterocycles. The Bertz CT molecular complexity index is 1540. The van der Waals surface area contributed by atoms with Gasteiger partial charge in [-0.1, -0.05) is 26.0 Å². The van der Waals surface area contributed by atoms with Crippen LogP contribution in [0.25, 0.3) is 0 Å². The third-order valence-electron chi connectivity index (χ3n) is 7.07. The number of carbonyl (C=O) groups is 2. The molecule has 238 valence electrons. The van der Waals surface area contributed by atoms with E-state index in [9.17, 15) is 31.9 Å². The van der Waals surface area contributed by atoms with Gasteiger partial charge in [-0.25, -0.2) is 17.2 Å². The van der Waals surface area contributed by atoms with E-state index in [4.69, 9.17) is 0 Å². The highest BCUT2D eigenvalue weighted by Crippen LogP contribution is 2.21. The van der Waals surface area contributed by atoms with Crippen molar-refractivity contribution in [1.29, 1.82) is 0 Å². The number of aryl methyl sites for hydroxylation is 1. The van der Waals surface area contributed by atoms with Gasteiger partial charge >= 0.3 is 0 Å². The van der Waals surface area contributed by atoms with Gasteiger partial charge in [-0.3, -0.25) is 9.59 Å². The van der Waals surface area contributed by atoms with Crippen molar-refractivity contribution in [1.82, 2.24) is 15.5 Å². The van der Waals surface area contributed by atoms with Crippen LogP contribution in [0.4, 0.5) is 8.78 Å². The largest absolute Gasteiger partial charge is 0.390 e. The minimum atomic E-state index is -3.40. The molecule has 0 radical (unpaired) electrons. The Morgan fingerprint density at radius 3 is 2.25 bits per heavy atom. The van der Waals surface area contributed by atoms with E-state index in [1.807, 2.05) is 13.8 Å². The molecule has 3 aromatic carbocycles. The third-order valence-corrected chi connectivity index (χ3v) is 8.18. The highest BCUT2D eigenvalue weighted by molar-refractivity contribution is 7.90. The molecule has 2 atom stereocenters. The Balaban J connectivity index is 1.92. The Kier molecular flexibility index (Phi) is 12.6. The Labute approximate surface area is 258 Å². The molecule has 0 bridgehead atoms. The Hall–Kier alpha value is -3.67. The molecule has 11 heteroatoms. The topological polar surface area (TPSA) is 116 Å². The van der Waals surface area contributed by atoms with Crippen molar-refractivity contribution in [2.75, 3.05) is 25.9 Å². The van der Waals surface area contributed by atoms with Crippen LogP contribution in [0.15, 0.2) is 65.6 Å². The number of sulfone groups is 1. The van der Waals surface area contributed by atoms with E-state index in [1.165, 1.54) is 29.2 Å². The van der Waals surface area contributed by atoms with Gasteiger partial charge in [0.15, 0.2) is 9.84 Å². The van der Waals surface area contributed by atoms with Crippen LogP contribution in [-0.4, -0.2) is 68.3 Å². The SMILES string of the molecule is CCCNC(=O)c1cc(C)cc(C(=O)N(CCC)[C@@H](Cc2cc(F)cc(F)c2)[C@H](O)CNCc2cccc(S(C)(=O)=O)c2)c1. The van der Waals surface area contributed by atoms with E-state index >= 15 is 0 Å². The third kappa shape index (κ3) is 9.93. The summed E-state index contributed by atoms with van der Waals surface area (Å²) in [6.07, 6.45) is 1.20. The molecule has 0 saturated carbocycles. The summed E-state index contributed by atoms with van der Waals surface area (Å²) in [7, 11) is -3.40. The monoisotopic (exact) mass is 629 g/mol. The zero-order chi connectivity index (χ0) is 32.4. The van der Waals surface area contributed by atoms with Crippen LogP contribution in [0, 0.1) is 18.6 Å². The predicted molar refractivity (Wildman–Crippen MR) is 166 cm³/mol. The van der Waals surface area contributed by atoms with Gasteiger partial charge in [0.2, 0.25) is 0 Å². The van der Waals surface area contributed by atoms with Crippen LogP contribution in [-0.2, 0) is 22.8 Å². The van der Waals surface area contributed by atoms with Crippen LogP contribution in [0.3, 0.4) is 0 Å². The summed E-state index contributed by atoms with van der Waals surface area (Å²) in [4.78, 5) is 28.4. The molecule has 3 N–H and O–H groups in total. The van der Waals surface area contributed by atoms with Crippen molar-refractivity contribution < 1.29 is 31.9 Å². The van der Waals surface area contributed by atoms with E-state index in [-0.39, 0.29) is 48.0 Å². The van der Waals surface area contributed by atoms with Crippen molar-refractivity contribution in [3.05, 3.63) is 100 Å². The Morgan fingerprint density at radius 2 is 1.61 bits per heavy atom. The van der Waals surface area contributed by atoms with Crippen molar-refractivity contribution >= 4 is 21.7 Å². The quantitative estimate of drug-likeness (QED) is 0.229. The van der Waals surface area contributed by atoms with Crippen LogP contribution in [0.5, 0.6) is 0 Å². The second-order valence-electron chi connectivity index (χ2n) is 11.0. The number of hydrogen-bond acceptors (Lipinski definition) is 6. The second-order valence-corrected chi connectivity index (χ2v) is 13.0. The average Bonchev–Trinajstić information content (AvgIpc) is 2.96. The van der Waals surface area contributed by atoms with E-state index in [0.29, 0.717) is 29.7 Å².